The van der Waals surface area contributed by atoms with E-state index in [1.54, 1.807) is 18.4 Å². The number of ether oxygens (including phenoxy) is 1. The minimum atomic E-state index is 0.265. The zero-order valence-corrected chi connectivity index (χ0v) is 19.1. The SMILES string of the molecule is COc1ccc(CN(C(=S)Nc2cc(C)ccc2C)[C@H](C)Cc2cccs2)cc1. The summed E-state index contributed by atoms with van der Waals surface area (Å²) in [7, 11) is 1.69. The Morgan fingerprint density at radius 1 is 1.14 bits per heavy atom. The molecule has 1 N–H and O–H groups in total. The van der Waals surface area contributed by atoms with E-state index in [-0.39, 0.29) is 6.04 Å². The standard InChI is InChI=1S/C24H28N2OS2/c1-17-7-8-18(2)23(14-17)25-24(28)26(19(3)15-22-6-5-13-29-22)16-20-9-11-21(27-4)12-10-20/h5-14,19H,15-16H2,1-4H3,(H,25,28)/t19-/m1/s1. The Balaban J connectivity index is 1.81. The molecule has 3 rings (SSSR count). The second-order valence-electron chi connectivity index (χ2n) is 7.36. The van der Waals surface area contributed by atoms with Crippen molar-refractivity contribution in [2.45, 2.75) is 39.8 Å². The molecule has 2 aromatic carbocycles. The van der Waals surface area contributed by atoms with Crippen molar-refractivity contribution in [3.05, 3.63) is 81.5 Å². The summed E-state index contributed by atoms with van der Waals surface area (Å²) >= 11 is 7.67. The van der Waals surface area contributed by atoms with Crippen LogP contribution in [0.4, 0.5) is 5.69 Å². The second kappa shape index (κ2) is 9.90. The molecule has 0 radical (unpaired) electrons. The summed E-state index contributed by atoms with van der Waals surface area (Å²) in [6, 6.07) is 19.2. The third kappa shape index (κ3) is 5.81. The van der Waals surface area contributed by atoms with E-state index in [2.05, 4.69) is 78.8 Å². The molecule has 0 amide bonds. The van der Waals surface area contributed by atoms with Gasteiger partial charge >= 0.3 is 0 Å². The third-order valence-electron chi connectivity index (χ3n) is 5.02. The van der Waals surface area contributed by atoms with Crippen LogP contribution < -0.4 is 10.1 Å². The smallest absolute Gasteiger partial charge is 0.173 e. The van der Waals surface area contributed by atoms with Crippen LogP contribution in [0.15, 0.2) is 60.0 Å². The normalized spacial score (nSPS) is 11.7. The maximum Gasteiger partial charge on any atom is 0.173 e. The predicted molar refractivity (Wildman–Crippen MR) is 128 cm³/mol. The summed E-state index contributed by atoms with van der Waals surface area (Å²) in [4.78, 5) is 3.64. The van der Waals surface area contributed by atoms with Gasteiger partial charge in [0.05, 0.1) is 7.11 Å². The minimum Gasteiger partial charge on any atom is -0.497 e. The van der Waals surface area contributed by atoms with Crippen LogP contribution in [0.1, 0.15) is 28.5 Å². The summed E-state index contributed by atoms with van der Waals surface area (Å²) in [6.07, 6.45) is 0.961. The van der Waals surface area contributed by atoms with E-state index in [1.807, 2.05) is 12.1 Å². The molecule has 152 valence electrons. The molecule has 3 aromatic rings. The largest absolute Gasteiger partial charge is 0.497 e. The lowest BCUT2D eigenvalue weighted by Crippen LogP contribution is -2.41. The summed E-state index contributed by atoms with van der Waals surface area (Å²) < 4.78 is 5.29. The van der Waals surface area contributed by atoms with Gasteiger partial charge < -0.3 is 15.0 Å². The summed E-state index contributed by atoms with van der Waals surface area (Å²) in [6.45, 7) is 7.18. The fraction of sp³-hybridized carbons (Fsp3) is 0.292. The van der Waals surface area contributed by atoms with Gasteiger partial charge in [0.15, 0.2) is 5.11 Å². The first-order valence-electron chi connectivity index (χ1n) is 9.76. The summed E-state index contributed by atoms with van der Waals surface area (Å²) in [5, 5.41) is 6.37. The van der Waals surface area contributed by atoms with E-state index < -0.39 is 0 Å². The molecule has 0 aliphatic rings. The van der Waals surface area contributed by atoms with Crippen LogP contribution in [0.25, 0.3) is 0 Å². The molecule has 0 saturated heterocycles. The van der Waals surface area contributed by atoms with E-state index in [4.69, 9.17) is 17.0 Å². The Bertz CT molecular complexity index is 936. The van der Waals surface area contributed by atoms with E-state index in [9.17, 15) is 0 Å². The van der Waals surface area contributed by atoms with Crippen molar-refractivity contribution in [1.29, 1.82) is 0 Å². The fourth-order valence-corrected chi connectivity index (χ4v) is 4.42. The maximum absolute atomic E-state index is 5.87. The van der Waals surface area contributed by atoms with Crippen molar-refractivity contribution in [1.82, 2.24) is 4.90 Å². The highest BCUT2D eigenvalue weighted by Crippen LogP contribution is 2.21. The third-order valence-corrected chi connectivity index (χ3v) is 6.25. The van der Waals surface area contributed by atoms with Gasteiger partial charge in [-0.2, -0.15) is 0 Å². The number of hydrogen-bond donors (Lipinski definition) is 1. The van der Waals surface area contributed by atoms with Crippen LogP contribution in [0, 0.1) is 13.8 Å². The van der Waals surface area contributed by atoms with Gasteiger partial charge in [-0.1, -0.05) is 30.3 Å². The molecule has 1 aromatic heterocycles. The lowest BCUT2D eigenvalue weighted by molar-refractivity contribution is 0.326. The van der Waals surface area contributed by atoms with Gasteiger partial charge in [-0.25, -0.2) is 0 Å². The molecule has 0 spiro atoms. The van der Waals surface area contributed by atoms with E-state index in [0.29, 0.717) is 0 Å². The molecule has 0 fully saturated rings. The molecular weight excluding hydrogens is 396 g/mol. The Labute approximate surface area is 183 Å². The van der Waals surface area contributed by atoms with Crippen LogP contribution >= 0.6 is 23.6 Å². The van der Waals surface area contributed by atoms with Crippen LogP contribution in [0.2, 0.25) is 0 Å². The van der Waals surface area contributed by atoms with Crippen LogP contribution in [0.3, 0.4) is 0 Å². The topological polar surface area (TPSA) is 24.5 Å². The van der Waals surface area contributed by atoms with Crippen molar-refractivity contribution in [2.75, 3.05) is 12.4 Å². The first kappa shape index (κ1) is 21.3. The van der Waals surface area contributed by atoms with Crippen molar-refractivity contribution < 1.29 is 4.74 Å². The summed E-state index contributed by atoms with van der Waals surface area (Å²) in [5.74, 6) is 0.864. The number of aryl methyl sites for hydroxylation is 2. The highest BCUT2D eigenvalue weighted by Gasteiger charge is 2.19. The molecular formula is C24H28N2OS2. The molecule has 0 unspecified atom stereocenters. The quantitative estimate of drug-likeness (QED) is 0.456. The van der Waals surface area contributed by atoms with Gasteiger partial charge in [0.1, 0.15) is 5.75 Å². The average Bonchev–Trinajstić information content (AvgIpc) is 3.22. The predicted octanol–water partition coefficient (Wildman–Crippen LogP) is 6.20. The second-order valence-corrected chi connectivity index (χ2v) is 8.78. The van der Waals surface area contributed by atoms with Crippen molar-refractivity contribution in [2.24, 2.45) is 0 Å². The van der Waals surface area contributed by atoms with Crippen molar-refractivity contribution >= 4 is 34.4 Å². The van der Waals surface area contributed by atoms with E-state index >= 15 is 0 Å². The Morgan fingerprint density at radius 3 is 2.55 bits per heavy atom. The molecule has 5 heteroatoms. The molecule has 0 saturated carbocycles. The summed E-state index contributed by atoms with van der Waals surface area (Å²) in [5.41, 5.74) is 4.68. The van der Waals surface area contributed by atoms with Gasteiger partial charge in [0.25, 0.3) is 0 Å². The number of thiocarbonyl (C=S) groups is 1. The van der Waals surface area contributed by atoms with E-state index in [0.717, 1.165) is 29.5 Å². The lowest BCUT2D eigenvalue weighted by Gasteiger charge is -2.32. The number of nitrogens with zero attached hydrogens (tertiary/aromatic N) is 1. The lowest BCUT2D eigenvalue weighted by atomic mass is 10.1. The number of methoxy groups -OCH3 is 1. The van der Waals surface area contributed by atoms with Crippen LogP contribution in [-0.2, 0) is 13.0 Å². The number of benzene rings is 2. The zero-order chi connectivity index (χ0) is 20.8. The maximum atomic E-state index is 5.87. The Hall–Kier alpha value is -2.37. The molecule has 1 heterocycles. The first-order chi connectivity index (χ1) is 14.0. The number of nitrogens with one attached hydrogen (secondary N) is 1. The zero-order valence-electron chi connectivity index (χ0n) is 17.4. The highest BCUT2D eigenvalue weighted by atomic mass is 32.1. The average molecular weight is 425 g/mol. The molecule has 29 heavy (non-hydrogen) atoms. The van der Waals surface area contributed by atoms with Gasteiger partial charge in [-0.05, 0) is 79.3 Å². The Morgan fingerprint density at radius 2 is 1.90 bits per heavy atom. The molecule has 0 bridgehead atoms. The number of anilines is 1. The number of thiophene rings is 1. The Kier molecular flexibility index (Phi) is 7.29. The molecule has 3 nitrogen and oxygen atoms in total. The first-order valence-corrected chi connectivity index (χ1v) is 11.0. The molecule has 0 aliphatic heterocycles. The van der Waals surface area contributed by atoms with Crippen LogP contribution in [0.5, 0.6) is 5.75 Å². The van der Waals surface area contributed by atoms with Crippen molar-refractivity contribution in [3.8, 4) is 5.75 Å². The van der Waals surface area contributed by atoms with Gasteiger partial charge in [0.2, 0.25) is 0 Å². The number of hydrogen-bond acceptors (Lipinski definition) is 3. The minimum absolute atomic E-state index is 0.265. The fourth-order valence-electron chi connectivity index (χ4n) is 3.24. The van der Waals surface area contributed by atoms with Crippen molar-refractivity contribution in [3.63, 3.8) is 0 Å². The number of rotatable bonds is 7. The van der Waals surface area contributed by atoms with E-state index in [1.165, 1.54) is 21.6 Å². The monoisotopic (exact) mass is 424 g/mol. The molecule has 0 aliphatic carbocycles. The van der Waals surface area contributed by atoms with Gasteiger partial charge in [-0.15, -0.1) is 11.3 Å². The highest BCUT2D eigenvalue weighted by molar-refractivity contribution is 7.80. The molecule has 1 atom stereocenters. The van der Waals surface area contributed by atoms with Gasteiger partial charge in [0, 0.05) is 29.6 Å². The van der Waals surface area contributed by atoms with Gasteiger partial charge in [-0.3, -0.25) is 0 Å². The van der Waals surface area contributed by atoms with Crippen LogP contribution in [-0.4, -0.2) is 23.2 Å².